The fraction of sp³-hybridized carbons (Fsp3) is 0.455. The maximum absolute atomic E-state index is 12.2. The number of hydrogen-bond acceptors (Lipinski definition) is 5. The maximum Gasteiger partial charge on any atom is 0.283 e. The highest BCUT2D eigenvalue weighted by Crippen LogP contribution is 2.27. The van der Waals surface area contributed by atoms with E-state index in [0.717, 1.165) is 25.9 Å². The molecule has 1 aromatic rings. The molecule has 0 aromatic heterocycles. The van der Waals surface area contributed by atoms with Gasteiger partial charge in [0.05, 0.1) is 14.3 Å². The number of sulfonamides is 1. The lowest BCUT2D eigenvalue weighted by atomic mass is 10.1. The molecule has 1 saturated heterocycles. The molecule has 0 radical (unpaired) electrons. The van der Waals surface area contributed by atoms with E-state index in [-0.39, 0.29) is 33.5 Å². The van der Waals surface area contributed by atoms with E-state index in [1.165, 1.54) is 18.2 Å². The molecule has 1 aliphatic rings. The molecule has 1 fully saturated rings. The average Bonchev–Trinajstić information content (AvgIpc) is 2.38. The fourth-order valence-corrected chi connectivity index (χ4v) is 4.04. The second kappa shape index (κ2) is 7.50. The summed E-state index contributed by atoms with van der Waals surface area (Å²) >= 11 is 3.02. The first kappa shape index (κ1) is 18.3. The van der Waals surface area contributed by atoms with Gasteiger partial charge in [-0.15, -0.1) is 12.4 Å². The Bertz CT molecular complexity index is 620. The van der Waals surface area contributed by atoms with Gasteiger partial charge in [0.1, 0.15) is 0 Å². The van der Waals surface area contributed by atoms with Crippen molar-refractivity contribution in [3.8, 4) is 0 Å². The van der Waals surface area contributed by atoms with Crippen LogP contribution in [-0.4, -0.2) is 32.5 Å². The van der Waals surface area contributed by atoms with Crippen LogP contribution in [0.1, 0.15) is 12.8 Å². The molecule has 0 amide bonds. The smallest absolute Gasteiger partial charge is 0.283 e. The van der Waals surface area contributed by atoms with Gasteiger partial charge in [-0.1, -0.05) is 0 Å². The lowest BCUT2D eigenvalue weighted by molar-refractivity contribution is -0.385. The van der Waals surface area contributed by atoms with Crippen molar-refractivity contribution in [1.82, 2.24) is 10.0 Å². The van der Waals surface area contributed by atoms with Crippen molar-refractivity contribution in [1.29, 1.82) is 0 Å². The summed E-state index contributed by atoms with van der Waals surface area (Å²) in [5.74, 6) is 0. The Hall–Kier alpha value is -0.740. The van der Waals surface area contributed by atoms with Crippen molar-refractivity contribution in [2.75, 3.05) is 13.1 Å². The van der Waals surface area contributed by atoms with Gasteiger partial charge in [0.15, 0.2) is 0 Å². The monoisotopic (exact) mass is 399 g/mol. The van der Waals surface area contributed by atoms with Crippen LogP contribution in [0.5, 0.6) is 0 Å². The highest BCUT2D eigenvalue weighted by molar-refractivity contribution is 9.10. The van der Waals surface area contributed by atoms with Crippen molar-refractivity contribution in [2.24, 2.45) is 0 Å². The maximum atomic E-state index is 12.2. The third-order valence-electron chi connectivity index (χ3n) is 3.09. The van der Waals surface area contributed by atoms with Crippen LogP contribution in [0, 0.1) is 10.1 Å². The summed E-state index contributed by atoms with van der Waals surface area (Å²) in [5.41, 5.74) is -0.161. The summed E-state index contributed by atoms with van der Waals surface area (Å²) in [6.07, 6.45) is 1.46. The van der Waals surface area contributed by atoms with Crippen LogP contribution in [0.4, 0.5) is 5.69 Å². The Balaban J connectivity index is 0.00000220. The van der Waals surface area contributed by atoms with Crippen LogP contribution in [0.2, 0.25) is 0 Å². The first-order chi connectivity index (χ1) is 9.40. The summed E-state index contributed by atoms with van der Waals surface area (Å²) in [7, 11) is -3.66. The second-order valence-corrected chi connectivity index (χ2v) is 7.08. The number of nitrogens with one attached hydrogen (secondary N) is 2. The quantitative estimate of drug-likeness (QED) is 0.593. The summed E-state index contributed by atoms with van der Waals surface area (Å²) in [6, 6.07) is 3.57. The number of nitro benzene ring substituents is 1. The van der Waals surface area contributed by atoms with Crippen LogP contribution < -0.4 is 10.0 Å². The highest BCUT2D eigenvalue weighted by atomic mass is 79.9. The van der Waals surface area contributed by atoms with Crippen molar-refractivity contribution in [2.45, 2.75) is 23.8 Å². The molecule has 0 aliphatic carbocycles. The van der Waals surface area contributed by atoms with Gasteiger partial charge in [0, 0.05) is 12.1 Å². The SMILES string of the molecule is Cl.O=[N+]([O-])c1ccc(S(=O)(=O)NC2CCNCC2)cc1Br. The van der Waals surface area contributed by atoms with Gasteiger partial charge in [0.25, 0.3) is 5.69 Å². The third kappa shape index (κ3) is 4.62. The molecule has 0 atom stereocenters. The number of rotatable bonds is 4. The molecule has 118 valence electrons. The van der Waals surface area contributed by atoms with E-state index in [9.17, 15) is 18.5 Å². The molecule has 21 heavy (non-hydrogen) atoms. The molecule has 2 rings (SSSR count). The normalized spacial score (nSPS) is 16.2. The Kier molecular flexibility index (Phi) is 6.54. The third-order valence-corrected chi connectivity index (χ3v) is 5.24. The van der Waals surface area contributed by atoms with Gasteiger partial charge in [-0.3, -0.25) is 10.1 Å². The van der Waals surface area contributed by atoms with Crippen LogP contribution in [0.25, 0.3) is 0 Å². The van der Waals surface area contributed by atoms with Crippen molar-refractivity contribution >= 4 is 44.0 Å². The molecule has 10 heteroatoms. The van der Waals surface area contributed by atoms with E-state index in [1.807, 2.05) is 0 Å². The van der Waals surface area contributed by atoms with E-state index in [0.29, 0.717) is 0 Å². The molecule has 0 spiro atoms. The number of piperidine rings is 1. The molecule has 1 aromatic carbocycles. The topological polar surface area (TPSA) is 101 Å². The van der Waals surface area contributed by atoms with Gasteiger partial charge in [-0.2, -0.15) is 0 Å². The molecule has 7 nitrogen and oxygen atoms in total. The molecule has 1 heterocycles. The fourth-order valence-electron chi connectivity index (χ4n) is 2.03. The van der Waals surface area contributed by atoms with E-state index in [4.69, 9.17) is 0 Å². The average molecular weight is 401 g/mol. The molecule has 0 unspecified atom stereocenters. The number of benzene rings is 1. The molecular weight excluding hydrogens is 386 g/mol. The van der Waals surface area contributed by atoms with Gasteiger partial charge in [-0.05, 0) is 54.0 Å². The summed E-state index contributed by atoms with van der Waals surface area (Å²) < 4.78 is 27.2. The highest BCUT2D eigenvalue weighted by Gasteiger charge is 2.23. The lowest BCUT2D eigenvalue weighted by Crippen LogP contribution is -2.42. The summed E-state index contributed by atoms with van der Waals surface area (Å²) in [6.45, 7) is 1.55. The minimum Gasteiger partial charge on any atom is -0.317 e. The molecule has 2 N–H and O–H groups in total. The standard InChI is InChI=1S/C11H14BrN3O4S.ClH/c12-10-7-9(1-2-11(10)15(16)17)20(18,19)14-8-3-5-13-6-4-8;/h1-2,7-8,13-14H,3-6H2;1H. The van der Waals surface area contributed by atoms with Gasteiger partial charge in [-0.25, -0.2) is 13.1 Å². The second-order valence-electron chi connectivity index (χ2n) is 4.52. The summed E-state index contributed by atoms with van der Waals surface area (Å²) in [5, 5.41) is 13.9. The summed E-state index contributed by atoms with van der Waals surface area (Å²) in [4.78, 5) is 10.2. The zero-order valence-corrected chi connectivity index (χ0v) is 14.1. The molecule has 1 aliphatic heterocycles. The van der Waals surface area contributed by atoms with E-state index < -0.39 is 14.9 Å². The zero-order valence-electron chi connectivity index (χ0n) is 10.9. The van der Waals surface area contributed by atoms with E-state index in [2.05, 4.69) is 26.0 Å². The Morgan fingerprint density at radius 3 is 2.48 bits per heavy atom. The number of nitrogens with zero attached hydrogens (tertiary/aromatic N) is 1. The van der Waals surface area contributed by atoms with Crippen LogP contribution in [0.3, 0.4) is 0 Å². The Morgan fingerprint density at radius 1 is 1.33 bits per heavy atom. The molecular formula is C11H15BrClN3O4S. The van der Waals surface area contributed by atoms with Crippen molar-refractivity contribution in [3.05, 3.63) is 32.8 Å². The van der Waals surface area contributed by atoms with Crippen molar-refractivity contribution in [3.63, 3.8) is 0 Å². The molecule has 0 saturated carbocycles. The van der Waals surface area contributed by atoms with Gasteiger partial charge >= 0.3 is 0 Å². The predicted octanol–water partition coefficient (Wildman–Crippen LogP) is 1.81. The zero-order chi connectivity index (χ0) is 14.8. The van der Waals surface area contributed by atoms with Gasteiger partial charge < -0.3 is 5.32 Å². The predicted molar refractivity (Wildman–Crippen MR) is 84.3 cm³/mol. The first-order valence-corrected chi connectivity index (χ1v) is 8.35. The first-order valence-electron chi connectivity index (χ1n) is 6.07. The lowest BCUT2D eigenvalue weighted by Gasteiger charge is -2.23. The number of nitro groups is 1. The van der Waals surface area contributed by atoms with E-state index >= 15 is 0 Å². The minimum absolute atomic E-state index is 0. The largest absolute Gasteiger partial charge is 0.317 e. The molecule has 0 bridgehead atoms. The van der Waals surface area contributed by atoms with Crippen LogP contribution in [0.15, 0.2) is 27.6 Å². The van der Waals surface area contributed by atoms with Crippen LogP contribution >= 0.6 is 28.3 Å². The number of hydrogen-bond donors (Lipinski definition) is 2. The minimum atomic E-state index is -3.66. The van der Waals surface area contributed by atoms with Crippen molar-refractivity contribution < 1.29 is 13.3 Å². The Morgan fingerprint density at radius 2 is 1.95 bits per heavy atom. The van der Waals surface area contributed by atoms with Crippen LogP contribution in [-0.2, 0) is 10.0 Å². The Labute approximate surface area is 137 Å². The number of halogens is 2. The van der Waals surface area contributed by atoms with E-state index in [1.54, 1.807) is 0 Å². The van der Waals surface area contributed by atoms with Gasteiger partial charge in [0.2, 0.25) is 10.0 Å².